The predicted molar refractivity (Wildman–Crippen MR) is 123 cm³/mol. The molecule has 0 saturated carbocycles. The Kier molecular flexibility index (Phi) is 5.72. The maximum absolute atomic E-state index is 13.7. The van der Waals surface area contributed by atoms with Gasteiger partial charge in [0, 0.05) is 22.5 Å². The van der Waals surface area contributed by atoms with Gasteiger partial charge >= 0.3 is 0 Å². The fourth-order valence-electron chi connectivity index (χ4n) is 4.07. The summed E-state index contributed by atoms with van der Waals surface area (Å²) in [5.74, 6) is 0.535. The summed E-state index contributed by atoms with van der Waals surface area (Å²) in [7, 11) is 1.64. The first-order valence-electron chi connectivity index (χ1n) is 10.2. The number of benzene rings is 3. The van der Waals surface area contributed by atoms with Crippen LogP contribution in [0.2, 0.25) is 0 Å². The highest BCUT2D eigenvalue weighted by molar-refractivity contribution is 5.98. The fraction of sp³-hybridized carbons (Fsp3) is 0.148. The van der Waals surface area contributed by atoms with E-state index in [1.807, 2.05) is 54.6 Å². The van der Waals surface area contributed by atoms with Crippen LogP contribution in [0.25, 0.3) is 28.1 Å². The average molecular weight is 413 g/mol. The summed E-state index contributed by atoms with van der Waals surface area (Å²) < 4.78 is 21.1. The molecule has 0 amide bonds. The number of carbonyl (C=O) groups is 1. The lowest BCUT2D eigenvalue weighted by Crippen LogP contribution is -2.05. The SMILES string of the molecule is COc1ccc(-n2c(-c3ccccc3)c(-c3ccc(F)cc3)c(C=O)c2C(C)C)cc1. The van der Waals surface area contributed by atoms with Gasteiger partial charge in [-0.2, -0.15) is 0 Å². The van der Waals surface area contributed by atoms with Crippen LogP contribution in [0, 0.1) is 5.82 Å². The van der Waals surface area contributed by atoms with Crippen LogP contribution in [0.15, 0.2) is 78.9 Å². The number of ether oxygens (including phenoxy) is 1. The molecular formula is C27H24FNO2. The average Bonchev–Trinajstić information content (AvgIpc) is 3.15. The summed E-state index contributed by atoms with van der Waals surface area (Å²) in [5, 5.41) is 0. The fourth-order valence-corrected chi connectivity index (χ4v) is 4.07. The Labute approximate surface area is 181 Å². The van der Waals surface area contributed by atoms with Gasteiger partial charge in [0.1, 0.15) is 11.6 Å². The molecule has 4 rings (SSSR count). The Bertz CT molecular complexity index is 1190. The smallest absolute Gasteiger partial charge is 0.152 e. The summed E-state index contributed by atoms with van der Waals surface area (Å²) in [4.78, 5) is 12.4. The highest BCUT2D eigenvalue weighted by Gasteiger charge is 2.27. The normalized spacial score (nSPS) is 11.0. The van der Waals surface area contributed by atoms with Crippen molar-refractivity contribution < 1.29 is 13.9 Å². The van der Waals surface area contributed by atoms with Crippen molar-refractivity contribution in [3.63, 3.8) is 0 Å². The molecule has 156 valence electrons. The summed E-state index contributed by atoms with van der Waals surface area (Å²) in [6.07, 6.45) is 0.917. The Morgan fingerprint density at radius 3 is 2.06 bits per heavy atom. The Morgan fingerprint density at radius 2 is 1.52 bits per heavy atom. The van der Waals surface area contributed by atoms with Gasteiger partial charge in [0.25, 0.3) is 0 Å². The highest BCUT2D eigenvalue weighted by atomic mass is 19.1. The van der Waals surface area contributed by atoms with E-state index in [0.717, 1.165) is 45.8 Å². The van der Waals surface area contributed by atoms with Crippen LogP contribution < -0.4 is 4.74 Å². The minimum Gasteiger partial charge on any atom is -0.497 e. The van der Waals surface area contributed by atoms with E-state index in [1.165, 1.54) is 12.1 Å². The molecule has 0 atom stereocenters. The van der Waals surface area contributed by atoms with Crippen molar-refractivity contribution in [2.45, 2.75) is 19.8 Å². The van der Waals surface area contributed by atoms with Crippen LogP contribution >= 0.6 is 0 Å². The predicted octanol–water partition coefficient (Wildman–Crippen LogP) is 6.89. The zero-order valence-corrected chi connectivity index (χ0v) is 17.8. The first-order valence-corrected chi connectivity index (χ1v) is 10.2. The number of hydrogen-bond acceptors (Lipinski definition) is 2. The molecule has 0 spiro atoms. The van der Waals surface area contributed by atoms with Crippen LogP contribution in [0.1, 0.15) is 35.8 Å². The van der Waals surface area contributed by atoms with Gasteiger partial charge in [-0.1, -0.05) is 56.3 Å². The number of carbonyl (C=O) groups excluding carboxylic acids is 1. The third-order valence-corrected chi connectivity index (χ3v) is 5.42. The van der Waals surface area contributed by atoms with Crippen LogP contribution in [-0.4, -0.2) is 18.0 Å². The summed E-state index contributed by atoms with van der Waals surface area (Å²) >= 11 is 0. The van der Waals surface area contributed by atoms with Gasteiger partial charge in [0.05, 0.1) is 12.8 Å². The molecule has 0 aliphatic rings. The molecule has 4 aromatic rings. The molecule has 0 aliphatic carbocycles. The second-order valence-electron chi connectivity index (χ2n) is 7.70. The number of halogens is 1. The number of aromatic nitrogens is 1. The van der Waals surface area contributed by atoms with Crippen LogP contribution in [0.5, 0.6) is 5.75 Å². The van der Waals surface area contributed by atoms with E-state index < -0.39 is 0 Å². The van der Waals surface area contributed by atoms with Crippen molar-refractivity contribution in [3.8, 4) is 33.8 Å². The lowest BCUT2D eigenvalue weighted by molar-refractivity contribution is 0.112. The van der Waals surface area contributed by atoms with Crippen molar-refractivity contribution in [1.29, 1.82) is 0 Å². The van der Waals surface area contributed by atoms with E-state index in [4.69, 9.17) is 4.74 Å². The molecule has 1 heterocycles. The summed E-state index contributed by atoms with van der Waals surface area (Å²) in [6, 6.07) is 24.1. The third-order valence-electron chi connectivity index (χ3n) is 5.42. The van der Waals surface area contributed by atoms with Crippen LogP contribution in [0.4, 0.5) is 4.39 Å². The van der Waals surface area contributed by atoms with E-state index in [-0.39, 0.29) is 11.7 Å². The zero-order chi connectivity index (χ0) is 22.0. The van der Waals surface area contributed by atoms with E-state index in [9.17, 15) is 9.18 Å². The van der Waals surface area contributed by atoms with Gasteiger partial charge < -0.3 is 9.30 Å². The maximum Gasteiger partial charge on any atom is 0.152 e. The minimum atomic E-state index is -0.309. The lowest BCUT2D eigenvalue weighted by atomic mass is 9.95. The second kappa shape index (κ2) is 8.60. The Balaban J connectivity index is 2.13. The molecule has 0 bridgehead atoms. The third kappa shape index (κ3) is 3.77. The van der Waals surface area contributed by atoms with Gasteiger partial charge in [0.15, 0.2) is 6.29 Å². The second-order valence-corrected chi connectivity index (χ2v) is 7.70. The number of hydrogen-bond donors (Lipinski definition) is 0. The number of rotatable bonds is 6. The van der Waals surface area contributed by atoms with E-state index in [2.05, 4.69) is 18.4 Å². The Morgan fingerprint density at radius 1 is 0.871 bits per heavy atom. The summed E-state index contributed by atoms with van der Waals surface area (Å²) in [6.45, 7) is 4.15. The van der Waals surface area contributed by atoms with Gasteiger partial charge in [0.2, 0.25) is 0 Å². The molecule has 0 unspecified atom stereocenters. The molecule has 0 N–H and O–H groups in total. The maximum atomic E-state index is 13.7. The molecule has 0 fully saturated rings. The molecule has 3 nitrogen and oxygen atoms in total. The summed E-state index contributed by atoms with van der Waals surface area (Å²) in [5.41, 5.74) is 5.96. The van der Waals surface area contributed by atoms with Crippen molar-refractivity contribution in [2.24, 2.45) is 0 Å². The molecule has 0 radical (unpaired) electrons. The van der Waals surface area contributed by atoms with Gasteiger partial charge in [-0.05, 0) is 53.4 Å². The monoisotopic (exact) mass is 413 g/mol. The first kappa shape index (κ1) is 20.6. The van der Waals surface area contributed by atoms with Crippen molar-refractivity contribution in [3.05, 3.63) is 95.9 Å². The molecule has 3 aromatic carbocycles. The molecule has 31 heavy (non-hydrogen) atoms. The van der Waals surface area contributed by atoms with Crippen LogP contribution in [-0.2, 0) is 0 Å². The minimum absolute atomic E-state index is 0.0824. The topological polar surface area (TPSA) is 31.2 Å². The van der Waals surface area contributed by atoms with Crippen LogP contribution in [0.3, 0.4) is 0 Å². The molecular weight excluding hydrogens is 389 g/mol. The number of methoxy groups -OCH3 is 1. The van der Waals surface area contributed by atoms with Gasteiger partial charge in [-0.3, -0.25) is 4.79 Å². The van der Waals surface area contributed by atoms with Gasteiger partial charge in [-0.25, -0.2) is 4.39 Å². The van der Waals surface area contributed by atoms with Crippen molar-refractivity contribution in [1.82, 2.24) is 4.57 Å². The standard InChI is InChI=1S/C27H24FNO2/c1-18(2)26-24(17-30)25(19-9-11-21(28)12-10-19)27(20-7-5-4-6-8-20)29(26)22-13-15-23(31-3)16-14-22/h4-18H,1-3H3. The molecule has 0 aliphatic heterocycles. The highest BCUT2D eigenvalue weighted by Crippen LogP contribution is 2.43. The van der Waals surface area contributed by atoms with Crippen molar-refractivity contribution in [2.75, 3.05) is 7.11 Å². The van der Waals surface area contributed by atoms with E-state index in [0.29, 0.717) is 5.56 Å². The molecule has 0 saturated heterocycles. The van der Waals surface area contributed by atoms with E-state index >= 15 is 0 Å². The molecule has 1 aromatic heterocycles. The van der Waals surface area contributed by atoms with Gasteiger partial charge in [-0.15, -0.1) is 0 Å². The molecule has 4 heteroatoms. The quantitative estimate of drug-likeness (QED) is 0.322. The number of nitrogens with zero attached hydrogens (tertiary/aromatic N) is 1. The van der Waals surface area contributed by atoms with E-state index in [1.54, 1.807) is 19.2 Å². The zero-order valence-electron chi connectivity index (χ0n) is 17.8. The number of aldehydes is 1. The van der Waals surface area contributed by atoms with Crippen molar-refractivity contribution >= 4 is 6.29 Å². The lowest BCUT2D eigenvalue weighted by Gasteiger charge is -2.17. The first-order chi connectivity index (χ1) is 15.0. The Hall–Kier alpha value is -3.66. The largest absolute Gasteiger partial charge is 0.497 e.